The highest BCUT2D eigenvalue weighted by Crippen LogP contribution is 2.27. The summed E-state index contributed by atoms with van der Waals surface area (Å²) in [7, 11) is 0. The molecule has 0 aliphatic carbocycles. The van der Waals surface area contributed by atoms with Gasteiger partial charge in [0.2, 0.25) is 5.82 Å². The van der Waals surface area contributed by atoms with Crippen molar-refractivity contribution in [1.82, 2.24) is 9.55 Å². The first-order valence-corrected chi connectivity index (χ1v) is 5.77. The lowest BCUT2D eigenvalue weighted by molar-refractivity contribution is -0.147. The van der Waals surface area contributed by atoms with Crippen molar-refractivity contribution in [1.29, 1.82) is 0 Å². The van der Waals surface area contributed by atoms with Crippen LogP contribution in [-0.2, 0) is 24.1 Å². The minimum absolute atomic E-state index is 0.127. The molecular weight excluding hydrogens is 257 g/mol. The van der Waals surface area contributed by atoms with Gasteiger partial charge in [0.15, 0.2) is 0 Å². The third kappa shape index (κ3) is 3.82. The molecule has 0 radical (unpaired) electrons. The fourth-order valence-corrected chi connectivity index (χ4v) is 1.67. The van der Waals surface area contributed by atoms with Crippen LogP contribution in [0.15, 0.2) is 42.7 Å². The van der Waals surface area contributed by atoms with Crippen molar-refractivity contribution >= 4 is 0 Å². The van der Waals surface area contributed by atoms with E-state index in [1.165, 1.54) is 6.20 Å². The van der Waals surface area contributed by atoms with Gasteiger partial charge in [0, 0.05) is 18.9 Å². The van der Waals surface area contributed by atoms with Gasteiger partial charge in [-0.15, -0.1) is 0 Å². The second kappa shape index (κ2) is 5.88. The van der Waals surface area contributed by atoms with Gasteiger partial charge in [0.1, 0.15) is 0 Å². The molecule has 0 unspecified atom stereocenters. The van der Waals surface area contributed by atoms with Crippen molar-refractivity contribution in [3.8, 4) is 0 Å². The van der Waals surface area contributed by atoms with Gasteiger partial charge in [-0.1, -0.05) is 30.3 Å². The van der Waals surface area contributed by atoms with Crippen LogP contribution in [-0.4, -0.2) is 16.2 Å². The van der Waals surface area contributed by atoms with E-state index in [1.807, 2.05) is 30.3 Å². The zero-order chi connectivity index (χ0) is 13.7. The molecule has 1 heterocycles. The molecule has 0 spiro atoms. The smallest absolute Gasteiger partial charge is 0.375 e. The van der Waals surface area contributed by atoms with E-state index in [4.69, 9.17) is 4.74 Å². The standard InChI is InChI=1S/C13H13F3N2O/c14-13(15,16)12-17-6-7-18(12)8-9-19-10-11-4-2-1-3-5-11/h1-7H,8-10H2. The summed E-state index contributed by atoms with van der Waals surface area (Å²) in [5, 5.41) is 0. The number of ether oxygens (including phenoxy) is 1. The van der Waals surface area contributed by atoms with Crippen molar-refractivity contribution in [2.45, 2.75) is 19.3 Å². The van der Waals surface area contributed by atoms with Crippen LogP contribution in [0.2, 0.25) is 0 Å². The number of imidazole rings is 1. The van der Waals surface area contributed by atoms with Crippen LogP contribution in [0.25, 0.3) is 0 Å². The second-order valence-electron chi connectivity index (χ2n) is 3.98. The first-order valence-electron chi connectivity index (χ1n) is 5.77. The van der Waals surface area contributed by atoms with Gasteiger partial charge in [0.25, 0.3) is 0 Å². The molecule has 0 saturated carbocycles. The number of rotatable bonds is 5. The molecule has 0 fully saturated rings. The molecular formula is C13H13F3N2O. The Bertz CT molecular complexity index is 508. The monoisotopic (exact) mass is 270 g/mol. The molecule has 6 heteroatoms. The average Bonchev–Trinajstić information content (AvgIpc) is 2.84. The van der Waals surface area contributed by atoms with E-state index in [1.54, 1.807) is 0 Å². The highest BCUT2D eigenvalue weighted by molar-refractivity contribution is 5.13. The summed E-state index contributed by atoms with van der Waals surface area (Å²) in [4.78, 5) is 3.31. The first kappa shape index (κ1) is 13.6. The van der Waals surface area contributed by atoms with E-state index in [0.717, 1.165) is 16.3 Å². The molecule has 1 aromatic carbocycles. The van der Waals surface area contributed by atoms with Gasteiger partial charge in [-0.3, -0.25) is 0 Å². The van der Waals surface area contributed by atoms with Crippen LogP contribution < -0.4 is 0 Å². The van der Waals surface area contributed by atoms with Gasteiger partial charge in [-0.05, 0) is 5.56 Å². The average molecular weight is 270 g/mol. The zero-order valence-electron chi connectivity index (χ0n) is 10.1. The van der Waals surface area contributed by atoms with Crippen molar-refractivity contribution in [2.75, 3.05) is 6.61 Å². The Morgan fingerprint density at radius 1 is 1.16 bits per heavy atom. The summed E-state index contributed by atoms with van der Waals surface area (Å²) in [5.41, 5.74) is 0.990. The summed E-state index contributed by atoms with van der Waals surface area (Å²) in [5.74, 6) is -0.893. The maximum absolute atomic E-state index is 12.5. The number of hydrogen-bond donors (Lipinski definition) is 0. The van der Waals surface area contributed by atoms with E-state index < -0.39 is 12.0 Å². The second-order valence-corrected chi connectivity index (χ2v) is 3.98. The molecule has 3 nitrogen and oxygen atoms in total. The maximum Gasteiger partial charge on any atom is 0.449 e. The van der Waals surface area contributed by atoms with E-state index in [0.29, 0.717) is 6.61 Å². The Morgan fingerprint density at radius 2 is 1.89 bits per heavy atom. The van der Waals surface area contributed by atoms with E-state index in [-0.39, 0.29) is 13.2 Å². The molecule has 0 bridgehead atoms. The minimum atomic E-state index is -4.43. The number of nitrogens with zero attached hydrogens (tertiary/aromatic N) is 2. The highest BCUT2D eigenvalue weighted by atomic mass is 19.4. The minimum Gasteiger partial charge on any atom is -0.375 e. The maximum atomic E-state index is 12.5. The Hall–Kier alpha value is -1.82. The van der Waals surface area contributed by atoms with Crippen LogP contribution in [0.3, 0.4) is 0 Å². The van der Waals surface area contributed by atoms with Gasteiger partial charge >= 0.3 is 6.18 Å². The van der Waals surface area contributed by atoms with Gasteiger partial charge < -0.3 is 9.30 Å². The summed E-state index contributed by atoms with van der Waals surface area (Å²) in [6.45, 7) is 0.715. The third-order valence-electron chi connectivity index (χ3n) is 2.56. The molecule has 2 rings (SSSR count). The molecule has 0 saturated heterocycles. The van der Waals surface area contributed by atoms with Crippen LogP contribution >= 0.6 is 0 Å². The molecule has 0 aliphatic rings. The number of hydrogen-bond acceptors (Lipinski definition) is 2. The molecule has 2 aromatic rings. The topological polar surface area (TPSA) is 27.1 Å². The lowest BCUT2D eigenvalue weighted by Gasteiger charge is -2.10. The van der Waals surface area contributed by atoms with Crippen molar-refractivity contribution < 1.29 is 17.9 Å². The predicted octanol–water partition coefficient (Wildman–Crippen LogP) is 3.12. The SMILES string of the molecule is FC(F)(F)c1nccn1CCOCc1ccccc1. The molecule has 1 aromatic heterocycles. The summed E-state index contributed by atoms with van der Waals surface area (Å²) >= 11 is 0. The Kier molecular flexibility index (Phi) is 4.21. The normalized spacial score (nSPS) is 11.7. The molecule has 0 atom stereocenters. The molecule has 0 aliphatic heterocycles. The first-order chi connectivity index (χ1) is 9.07. The third-order valence-corrected chi connectivity index (χ3v) is 2.56. The van der Waals surface area contributed by atoms with Crippen LogP contribution in [0, 0.1) is 0 Å². The zero-order valence-corrected chi connectivity index (χ0v) is 10.1. The Balaban J connectivity index is 1.82. The molecule has 102 valence electrons. The van der Waals surface area contributed by atoms with Crippen LogP contribution in [0.1, 0.15) is 11.4 Å². The van der Waals surface area contributed by atoms with Crippen molar-refractivity contribution in [2.24, 2.45) is 0 Å². The van der Waals surface area contributed by atoms with Crippen LogP contribution in [0.4, 0.5) is 13.2 Å². The quantitative estimate of drug-likeness (QED) is 0.780. The predicted molar refractivity (Wildman–Crippen MR) is 63.3 cm³/mol. The van der Waals surface area contributed by atoms with Crippen molar-refractivity contribution in [3.05, 3.63) is 54.1 Å². The Labute approximate surface area is 108 Å². The van der Waals surface area contributed by atoms with Gasteiger partial charge in [0.05, 0.1) is 13.2 Å². The lowest BCUT2D eigenvalue weighted by atomic mass is 10.2. The van der Waals surface area contributed by atoms with Crippen molar-refractivity contribution in [3.63, 3.8) is 0 Å². The highest BCUT2D eigenvalue weighted by Gasteiger charge is 2.35. The summed E-state index contributed by atoms with van der Waals surface area (Å²) in [6, 6.07) is 9.47. The molecule has 0 amide bonds. The summed E-state index contributed by atoms with van der Waals surface area (Å²) in [6.07, 6.45) is -1.99. The largest absolute Gasteiger partial charge is 0.449 e. The molecule has 19 heavy (non-hydrogen) atoms. The fourth-order valence-electron chi connectivity index (χ4n) is 1.67. The number of aromatic nitrogens is 2. The molecule has 0 N–H and O–H groups in total. The van der Waals surface area contributed by atoms with E-state index in [9.17, 15) is 13.2 Å². The number of alkyl halides is 3. The lowest BCUT2D eigenvalue weighted by Crippen LogP contribution is -2.16. The number of halogens is 3. The number of benzene rings is 1. The van der Waals surface area contributed by atoms with Crippen LogP contribution in [0.5, 0.6) is 0 Å². The van der Waals surface area contributed by atoms with E-state index >= 15 is 0 Å². The van der Waals surface area contributed by atoms with E-state index in [2.05, 4.69) is 4.98 Å². The van der Waals surface area contributed by atoms with Gasteiger partial charge in [-0.2, -0.15) is 13.2 Å². The Morgan fingerprint density at radius 3 is 2.58 bits per heavy atom. The van der Waals surface area contributed by atoms with Gasteiger partial charge in [-0.25, -0.2) is 4.98 Å². The fraction of sp³-hybridized carbons (Fsp3) is 0.308. The summed E-state index contributed by atoms with van der Waals surface area (Å²) < 4.78 is 44.0.